The maximum absolute atomic E-state index is 2.46. The Hall–Kier alpha value is -13.8. The molecule has 0 nitrogen and oxygen atoms in total. The van der Waals surface area contributed by atoms with E-state index in [-0.39, 0.29) is 5.41 Å². The molecule has 0 aliphatic rings. The second-order valence-corrected chi connectivity index (χ2v) is 30.8. The number of hydrogen-bond donors (Lipinski definition) is 0. The minimum absolute atomic E-state index is 0.0160. The van der Waals surface area contributed by atoms with Gasteiger partial charge in [0.05, 0.1) is 0 Å². The zero-order chi connectivity index (χ0) is 74.5. The molecule has 0 aliphatic heterocycles. The van der Waals surface area contributed by atoms with Crippen molar-refractivity contribution in [2.45, 2.75) is 33.1 Å². The zero-order valence-electron chi connectivity index (χ0n) is 62.8. The summed E-state index contributed by atoms with van der Waals surface area (Å²) in [6.45, 7) is 9.14. The number of rotatable bonds is 11. The highest BCUT2D eigenvalue weighted by atomic mass is 14.3. The average molecular weight is 1410 g/mol. The van der Waals surface area contributed by atoms with Crippen LogP contribution in [0.15, 0.2) is 413 Å². The summed E-state index contributed by atoms with van der Waals surface area (Å²) in [6.07, 6.45) is 0. The van der Waals surface area contributed by atoms with Gasteiger partial charge in [-0.05, 0) is 282 Å². The van der Waals surface area contributed by atoms with Gasteiger partial charge < -0.3 is 0 Å². The first-order chi connectivity index (χ1) is 54.5. The maximum atomic E-state index is 2.46. The van der Waals surface area contributed by atoms with E-state index in [0.29, 0.717) is 0 Å². The summed E-state index contributed by atoms with van der Waals surface area (Å²) in [7, 11) is 0. The third-order valence-corrected chi connectivity index (χ3v) is 22.6. The molecule has 20 aromatic carbocycles. The summed E-state index contributed by atoms with van der Waals surface area (Å²) in [5, 5.41) is 17.8. The molecule has 0 aromatic heterocycles. The quantitative estimate of drug-likeness (QED) is 0.113. The van der Waals surface area contributed by atoms with Crippen molar-refractivity contribution in [3.8, 4) is 122 Å². The highest BCUT2D eigenvalue weighted by molar-refractivity contribution is 6.24. The second kappa shape index (κ2) is 28.7. The van der Waals surface area contributed by atoms with Gasteiger partial charge in [-0.25, -0.2) is 0 Å². The van der Waals surface area contributed by atoms with Gasteiger partial charge in [0.1, 0.15) is 0 Å². The number of benzene rings is 20. The van der Waals surface area contributed by atoms with Crippen LogP contribution in [0.1, 0.15) is 31.9 Å². The van der Waals surface area contributed by atoms with Crippen molar-refractivity contribution in [2.24, 2.45) is 0 Å². The lowest BCUT2D eigenvalue weighted by atomic mass is 9.80. The minimum atomic E-state index is 0.0160. The molecule has 0 amide bonds. The van der Waals surface area contributed by atoms with E-state index in [1.807, 2.05) is 0 Å². The number of hydrogen-bond acceptors (Lipinski definition) is 0. The van der Waals surface area contributed by atoms with Gasteiger partial charge in [0, 0.05) is 0 Å². The fourth-order valence-electron chi connectivity index (χ4n) is 17.0. The number of fused-ring (bicyclic) bond motifs is 7. The third kappa shape index (κ3) is 13.2. The van der Waals surface area contributed by atoms with Gasteiger partial charge in [0.2, 0.25) is 0 Å². The minimum Gasteiger partial charge on any atom is -0.0622 e. The van der Waals surface area contributed by atoms with Crippen LogP contribution >= 0.6 is 0 Å². The molecule has 0 heterocycles. The highest BCUT2D eigenvalue weighted by Crippen LogP contribution is 2.49. The van der Waals surface area contributed by atoms with Crippen LogP contribution < -0.4 is 0 Å². The summed E-state index contributed by atoms with van der Waals surface area (Å²) < 4.78 is 0. The molecule has 0 atom stereocenters. The van der Waals surface area contributed by atoms with E-state index in [1.54, 1.807) is 0 Å². The van der Waals surface area contributed by atoms with Crippen molar-refractivity contribution in [1.82, 2.24) is 0 Å². The summed E-state index contributed by atoms with van der Waals surface area (Å²) in [5.41, 5.74) is 29.7. The van der Waals surface area contributed by atoms with Gasteiger partial charge >= 0.3 is 0 Å². The van der Waals surface area contributed by atoms with E-state index in [9.17, 15) is 0 Å². The van der Waals surface area contributed by atoms with Crippen LogP contribution in [-0.4, -0.2) is 0 Å². The Kier molecular flexibility index (Phi) is 17.6. The Balaban J connectivity index is 0.000000151. The second-order valence-electron chi connectivity index (χ2n) is 30.8. The van der Waals surface area contributed by atoms with Crippen molar-refractivity contribution in [1.29, 1.82) is 0 Å². The van der Waals surface area contributed by atoms with Crippen LogP contribution in [0.5, 0.6) is 0 Å². The molecule has 0 heteroatoms. The lowest BCUT2D eigenvalue weighted by Gasteiger charge is -2.23. The largest absolute Gasteiger partial charge is 0.0622 e. The highest BCUT2D eigenvalue weighted by Gasteiger charge is 2.23. The first-order valence-electron chi connectivity index (χ1n) is 38.7. The number of aryl methyl sites for hydroxylation is 1. The van der Waals surface area contributed by atoms with E-state index in [4.69, 9.17) is 0 Å². The Bertz CT molecular complexity index is 6940. The predicted molar refractivity (Wildman–Crippen MR) is 479 cm³/mol. The van der Waals surface area contributed by atoms with Gasteiger partial charge in [-0.15, -0.1) is 0 Å². The third-order valence-electron chi connectivity index (χ3n) is 22.6. The fourth-order valence-corrected chi connectivity index (χ4v) is 17.0. The molecule has 20 rings (SSSR count). The van der Waals surface area contributed by atoms with Gasteiger partial charge in [-0.3, -0.25) is 0 Å². The standard InChI is InChI=1S/C58H38.C53H42/c1-3-15-41-33-50(31-29-39(41)13-1)48-22-11-20-46(36-48)44-18-9-17-43(34-44)45-19-10-21-47(35-45)49-23-12-24-51(38-49)57-53-25-5-7-27-55(53)58(56-28-8-6-26-54(56)57)52-32-30-40-14-2-4-16-42(40)37-52;1-35-23-27-47-49(29-35)52(45-25-24-37-15-8-9-16-38(37)32-45)50-34-46(53(2,3)4)26-28-48(50)51(47)44-22-12-21-43(33-44)42-20-11-19-41(31-42)40-18-10-17-39(30-40)36-13-6-5-7-14-36/h1-38H;5-34H,1-4H3. The smallest absolute Gasteiger partial charge is 0.00259 e. The van der Waals surface area contributed by atoms with E-state index in [0.717, 1.165) is 0 Å². The Morgan fingerprint density at radius 2 is 0.378 bits per heavy atom. The molecule has 111 heavy (non-hydrogen) atoms. The van der Waals surface area contributed by atoms with Crippen LogP contribution in [0.25, 0.3) is 198 Å². The Morgan fingerprint density at radius 3 is 0.739 bits per heavy atom. The molecule has 524 valence electrons. The van der Waals surface area contributed by atoms with Gasteiger partial charge in [0.25, 0.3) is 0 Å². The lowest BCUT2D eigenvalue weighted by molar-refractivity contribution is 0.591. The summed E-state index contributed by atoms with van der Waals surface area (Å²) in [4.78, 5) is 0. The Morgan fingerprint density at radius 1 is 0.144 bits per heavy atom. The summed E-state index contributed by atoms with van der Waals surface area (Å²) >= 11 is 0. The predicted octanol–water partition coefficient (Wildman–Crippen LogP) is 31.4. The molecule has 0 bridgehead atoms. The topological polar surface area (TPSA) is 0 Å². The molecular formula is C111H80. The van der Waals surface area contributed by atoms with Crippen molar-refractivity contribution >= 4 is 75.4 Å². The molecule has 0 radical (unpaired) electrons. The van der Waals surface area contributed by atoms with Gasteiger partial charge in [-0.2, -0.15) is 0 Å². The van der Waals surface area contributed by atoms with Crippen LogP contribution in [0, 0.1) is 6.92 Å². The van der Waals surface area contributed by atoms with Crippen molar-refractivity contribution in [2.75, 3.05) is 0 Å². The molecule has 0 saturated carbocycles. The molecule has 0 unspecified atom stereocenters. The van der Waals surface area contributed by atoms with Crippen molar-refractivity contribution < 1.29 is 0 Å². The normalized spacial score (nSPS) is 11.6. The Labute approximate surface area is 650 Å². The average Bonchev–Trinajstić information content (AvgIpc) is 0.726. The van der Waals surface area contributed by atoms with E-state index >= 15 is 0 Å². The molecular weight excluding hydrogens is 1330 g/mol. The van der Waals surface area contributed by atoms with Crippen LogP contribution in [-0.2, 0) is 5.41 Å². The van der Waals surface area contributed by atoms with Crippen LogP contribution in [0.4, 0.5) is 0 Å². The maximum Gasteiger partial charge on any atom is -0.00259 e. The summed E-state index contributed by atoms with van der Waals surface area (Å²) in [6, 6.07) is 152. The summed E-state index contributed by atoms with van der Waals surface area (Å²) in [5.74, 6) is 0. The van der Waals surface area contributed by atoms with E-state index < -0.39 is 0 Å². The molecule has 0 N–H and O–H groups in total. The van der Waals surface area contributed by atoms with Gasteiger partial charge in [0.15, 0.2) is 0 Å². The fraction of sp³-hybridized carbons (Fsp3) is 0.0450. The van der Waals surface area contributed by atoms with E-state index in [1.165, 1.54) is 209 Å². The molecule has 0 aliphatic carbocycles. The van der Waals surface area contributed by atoms with E-state index in [2.05, 4.69) is 440 Å². The SMILES string of the molecule is Cc1ccc2c(-c3cccc(-c4cccc(-c5cccc(-c6ccccc6)c5)c4)c3)c3ccc(C(C)(C)C)cc3c(-c3ccc4ccccc4c3)c2c1.c1cc(-c2cccc(-c3cccc(-c4c5ccccc5c(-c5ccc6ccccc6c5)c5ccccc45)c3)c2)cc(-c2cccc(-c3ccc4ccccc4c3)c2)c1. The van der Waals surface area contributed by atoms with Crippen molar-refractivity contribution in [3.63, 3.8) is 0 Å². The van der Waals surface area contributed by atoms with Crippen LogP contribution in [0.3, 0.4) is 0 Å². The zero-order valence-corrected chi connectivity index (χ0v) is 62.8. The monoisotopic (exact) mass is 1410 g/mol. The molecule has 0 saturated heterocycles. The first kappa shape index (κ1) is 67.8. The van der Waals surface area contributed by atoms with Gasteiger partial charge in [-0.1, -0.05) is 372 Å². The van der Waals surface area contributed by atoms with Crippen LogP contribution in [0.2, 0.25) is 0 Å². The molecule has 20 aromatic rings. The molecule has 0 fully saturated rings. The first-order valence-corrected chi connectivity index (χ1v) is 38.7. The van der Waals surface area contributed by atoms with Crippen molar-refractivity contribution in [3.05, 3.63) is 424 Å². The molecule has 0 spiro atoms. The lowest BCUT2D eigenvalue weighted by Crippen LogP contribution is -2.10.